The number of amides is 1. The van der Waals surface area contributed by atoms with Gasteiger partial charge in [-0.25, -0.2) is 4.98 Å². The average molecular weight is 243 g/mol. The van der Waals surface area contributed by atoms with Crippen LogP contribution in [0.5, 0.6) is 5.75 Å². The van der Waals surface area contributed by atoms with Crippen LogP contribution in [0.4, 0.5) is 11.5 Å². The Kier molecular flexibility index (Phi) is 3.14. The molecule has 2 rings (SSSR count). The van der Waals surface area contributed by atoms with Gasteiger partial charge < -0.3 is 16.2 Å². The van der Waals surface area contributed by atoms with Gasteiger partial charge in [-0.3, -0.25) is 4.79 Å². The van der Waals surface area contributed by atoms with Crippen molar-refractivity contribution in [2.45, 2.75) is 6.92 Å². The molecule has 2 aromatic rings. The van der Waals surface area contributed by atoms with Crippen molar-refractivity contribution in [2.24, 2.45) is 0 Å². The van der Waals surface area contributed by atoms with Crippen LogP contribution in [0.3, 0.4) is 0 Å². The van der Waals surface area contributed by atoms with E-state index in [1.165, 1.54) is 12.1 Å². The van der Waals surface area contributed by atoms with Gasteiger partial charge in [-0.15, -0.1) is 0 Å². The van der Waals surface area contributed by atoms with Crippen molar-refractivity contribution in [3.8, 4) is 5.75 Å². The first-order valence-corrected chi connectivity index (χ1v) is 5.39. The smallest absolute Gasteiger partial charge is 0.257 e. The molecule has 5 nitrogen and oxygen atoms in total. The summed E-state index contributed by atoms with van der Waals surface area (Å²) in [6.45, 7) is 1.75. The number of aromatic hydroxyl groups is 1. The second-order valence-corrected chi connectivity index (χ2v) is 3.89. The van der Waals surface area contributed by atoms with Gasteiger partial charge in [-0.05, 0) is 42.8 Å². The molecule has 4 N–H and O–H groups in total. The molecule has 0 spiro atoms. The number of pyridine rings is 1. The van der Waals surface area contributed by atoms with Crippen LogP contribution in [0.15, 0.2) is 36.5 Å². The topological polar surface area (TPSA) is 88.2 Å². The summed E-state index contributed by atoms with van der Waals surface area (Å²) in [5, 5.41) is 11.9. The molecule has 0 radical (unpaired) electrons. The Morgan fingerprint density at radius 3 is 2.83 bits per heavy atom. The van der Waals surface area contributed by atoms with Crippen molar-refractivity contribution in [1.82, 2.24) is 4.98 Å². The first-order valence-electron chi connectivity index (χ1n) is 5.39. The number of phenols is 1. The molecule has 0 unspecified atom stereocenters. The zero-order chi connectivity index (χ0) is 13.1. The molecule has 0 aliphatic heterocycles. The number of nitrogen functional groups attached to an aromatic ring is 1. The van der Waals surface area contributed by atoms with Crippen LogP contribution in [0.1, 0.15) is 15.9 Å². The minimum absolute atomic E-state index is 0.126. The maximum absolute atomic E-state index is 12.0. The van der Waals surface area contributed by atoms with Crippen molar-refractivity contribution in [2.75, 3.05) is 11.1 Å². The van der Waals surface area contributed by atoms with Crippen LogP contribution in [0.25, 0.3) is 0 Å². The molecule has 0 aliphatic carbocycles. The van der Waals surface area contributed by atoms with Gasteiger partial charge in [0, 0.05) is 11.8 Å². The Labute approximate surface area is 104 Å². The van der Waals surface area contributed by atoms with E-state index in [1.54, 1.807) is 31.3 Å². The number of rotatable bonds is 2. The Balaban J connectivity index is 2.25. The zero-order valence-electron chi connectivity index (χ0n) is 9.84. The van der Waals surface area contributed by atoms with Gasteiger partial charge in [0.25, 0.3) is 5.91 Å². The number of phenolic OH excluding ortho intramolecular Hbond substituents is 1. The Morgan fingerprint density at radius 1 is 1.39 bits per heavy atom. The lowest BCUT2D eigenvalue weighted by Gasteiger charge is -2.08. The molecule has 18 heavy (non-hydrogen) atoms. The molecule has 0 aliphatic rings. The third kappa shape index (κ3) is 2.40. The van der Waals surface area contributed by atoms with Gasteiger partial charge in [0.15, 0.2) is 5.82 Å². The minimum Gasteiger partial charge on any atom is -0.508 e. The number of aryl methyl sites for hydroxylation is 1. The lowest BCUT2D eigenvalue weighted by atomic mass is 10.1. The maximum Gasteiger partial charge on any atom is 0.257 e. The fourth-order valence-corrected chi connectivity index (χ4v) is 1.60. The second kappa shape index (κ2) is 4.75. The molecular weight excluding hydrogens is 230 g/mol. The van der Waals surface area contributed by atoms with E-state index in [0.717, 1.165) is 0 Å². The molecule has 0 atom stereocenters. The predicted molar refractivity (Wildman–Crippen MR) is 69.4 cm³/mol. The summed E-state index contributed by atoms with van der Waals surface area (Å²) in [6.07, 6.45) is 1.55. The summed E-state index contributed by atoms with van der Waals surface area (Å²) in [6, 6.07) is 7.89. The Hall–Kier alpha value is -2.56. The van der Waals surface area contributed by atoms with Crippen LogP contribution < -0.4 is 11.1 Å². The highest BCUT2D eigenvalue weighted by atomic mass is 16.3. The van der Waals surface area contributed by atoms with E-state index in [0.29, 0.717) is 22.6 Å². The minimum atomic E-state index is -0.307. The summed E-state index contributed by atoms with van der Waals surface area (Å²) >= 11 is 0. The van der Waals surface area contributed by atoms with E-state index >= 15 is 0 Å². The Bertz CT molecular complexity index is 597. The first kappa shape index (κ1) is 11.9. The molecule has 0 bridgehead atoms. The number of hydrogen-bond donors (Lipinski definition) is 3. The van der Waals surface area contributed by atoms with Gasteiger partial charge >= 0.3 is 0 Å². The molecule has 5 heteroatoms. The third-order valence-corrected chi connectivity index (χ3v) is 2.53. The van der Waals surface area contributed by atoms with Gasteiger partial charge in [0.2, 0.25) is 0 Å². The monoisotopic (exact) mass is 243 g/mol. The average Bonchev–Trinajstić information content (AvgIpc) is 2.32. The molecular formula is C13H13N3O2. The fourth-order valence-electron chi connectivity index (χ4n) is 1.60. The van der Waals surface area contributed by atoms with Crippen LogP contribution in [-0.4, -0.2) is 16.0 Å². The number of benzene rings is 1. The number of anilines is 2. The molecule has 0 saturated heterocycles. The molecule has 0 saturated carbocycles. The van der Waals surface area contributed by atoms with Gasteiger partial charge in [-0.2, -0.15) is 0 Å². The SMILES string of the molecule is Cc1cc(O)ccc1C(=O)Nc1ncccc1N. The molecule has 1 heterocycles. The fraction of sp³-hybridized carbons (Fsp3) is 0.0769. The maximum atomic E-state index is 12.0. The van der Waals surface area contributed by atoms with E-state index < -0.39 is 0 Å². The number of nitrogens with one attached hydrogen (secondary N) is 1. The predicted octanol–water partition coefficient (Wildman–Crippen LogP) is 1.93. The number of carbonyl (C=O) groups excluding carboxylic acids is 1. The van der Waals surface area contributed by atoms with Gasteiger partial charge in [-0.1, -0.05) is 0 Å². The quantitative estimate of drug-likeness (QED) is 0.752. The summed E-state index contributed by atoms with van der Waals surface area (Å²) in [7, 11) is 0. The van der Waals surface area contributed by atoms with Crippen LogP contribution >= 0.6 is 0 Å². The number of hydrogen-bond acceptors (Lipinski definition) is 4. The molecule has 1 aromatic carbocycles. The number of carbonyl (C=O) groups is 1. The largest absolute Gasteiger partial charge is 0.508 e. The normalized spacial score (nSPS) is 10.1. The summed E-state index contributed by atoms with van der Waals surface area (Å²) in [5.41, 5.74) is 7.25. The standard InChI is InChI=1S/C13H13N3O2/c1-8-7-9(17)4-5-10(8)13(18)16-12-11(14)3-2-6-15-12/h2-7,17H,14H2,1H3,(H,15,16,18). The van der Waals surface area contributed by atoms with Gasteiger partial charge in [0.05, 0.1) is 5.69 Å². The van der Waals surface area contributed by atoms with Gasteiger partial charge in [0.1, 0.15) is 5.75 Å². The molecule has 1 amide bonds. The van der Waals surface area contributed by atoms with E-state index in [9.17, 15) is 9.90 Å². The zero-order valence-corrected chi connectivity index (χ0v) is 9.84. The Morgan fingerprint density at radius 2 is 2.17 bits per heavy atom. The highest BCUT2D eigenvalue weighted by molar-refractivity contribution is 6.06. The van der Waals surface area contributed by atoms with Crippen LogP contribution in [-0.2, 0) is 0 Å². The number of aromatic nitrogens is 1. The van der Waals surface area contributed by atoms with Crippen LogP contribution in [0, 0.1) is 6.92 Å². The number of nitrogens with two attached hydrogens (primary N) is 1. The highest BCUT2D eigenvalue weighted by Gasteiger charge is 2.11. The van der Waals surface area contributed by atoms with Crippen molar-refractivity contribution in [1.29, 1.82) is 0 Å². The summed E-state index contributed by atoms with van der Waals surface area (Å²) < 4.78 is 0. The van der Waals surface area contributed by atoms with E-state index in [2.05, 4.69) is 10.3 Å². The summed E-state index contributed by atoms with van der Waals surface area (Å²) in [4.78, 5) is 16.0. The lowest BCUT2D eigenvalue weighted by molar-refractivity contribution is 0.102. The van der Waals surface area contributed by atoms with E-state index in [-0.39, 0.29) is 11.7 Å². The molecule has 1 aromatic heterocycles. The summed E-state index contributed by atoms with van der Waals surface area (Å²) in [5.74, 6) is 0.147. The van der Waals surface area contributed by atoms with E-state index in [1.807, 2.05) is 0 Å². The van der Waals surface area contributed by atoms with Crippen molar-refractivity contribution in [3.63, 3.8) is 0 Å². The van der Waals surface area contributed by atoms with Crippen LogP contribution in [0.2, 0.25) is 0 Å². The number of nitrogens with zero attached hydrogens (tertiary/aromatic N) is 1. The van der Waals surface area contributed by atoms with Crippen molar-refractivity contribution < 1.29 is 9.90 Å². The molecule has 92 valence electrons. The molecule has 0 fully saturated rings. The van der Waals surface area contributed by atoms with Crippen molar-refractivity contribution >= 4 is 17.4 Å². The van der Waals surface area contributed by atoms with E-state index in [4.69, 9.17) is 5.73 Å². The van der Waals surface area contributed by atoms with Crippen molar-refractivity contribution in [3.05, 3.63) is 47.7 Å². The second-order valence-electron chi connectivity index (χ2n) is 3.89. The first-order chi connectivity index (χ1) is 8.58. The lowest BCUT2D eigenvalue weighted by Crippen LogP contribution is -2.15. The highest BCUT2D eigenvalue weighted by Crippen LogP contribution is 2.18. The third-order valence-electron chi connectivity index (χ3n) is 2.53.